The van der Waals surface area contributed by atoms with E-state index in [0.717, 1.165) is 39.0 Å². The lowest BCUT2D eigenvalue weighted by molar-refractivity contribution is 0.267. The van der Waals surface area contributed by atoms with Gasteiger partial charge in [-0.3, -0.25) is 4.68 Å². The first kappa shape index (κ1) is 16.4. The maximum Gasteiger partial charge on any atom is 0.175 e. The lowest BCUT2D eigenvalue weighted by Crippen LogP contribution is -2.01. The van der Waals surface area contributed by atoms with Crippen molar-refractivity contribution in [1.82, 2.24) is 9.78 Å². The first-order valence-electron chi connectivity index (χ1n) is 6.83. The molecule has 0 amide bonds. The highest BCUT2D eigenvalue weighted by atomic mass is 79.9. The van der Waals surface area contributed by atoms with E-state index in [1.807, 2.05) is 36.1 Å². The standard InChI is InChI=1S/C15H18Br2N2O2/c1-3-19-9-12(8-18-19)10-21-15-13(17)5-11(7-16)6-14(15)20-4-2/h5-6,8-9H,3-4,7,10H2,1-2H3. The average Bonchev–Trinajstić information content (AvgIpc) is 2.94. The van der Waals surface area contributed by atoms with Gasteiger partial charge in [0, 0.05) is 23.6 Å². The van der Waals surface area contributed by atoms with Crippen molar-refractivity contribution < 1.29 is 9.47 Å². The Morgan fingerprint density at radius 2 is 2.00 bits per heavy atom. The molecular weight excluding hydrogens is 400 g/mol. The van der Waals surface area contributed by atoms with Crippen LogP contribution in [-0.4, -0.2) is 16.4 Å². The molecule has 1 aromatic heterocycles. The molecule has 0 aliphatic rings. The summed E-state index contributed by atoms with van der Waals surface area (Å²) < 4.78 is 14.4. The van der Waals surface area contributed by atoms with Gasteiger partial charge in [0.1, 0.15) is 6.61 Å². The lowest BCUT2D eigenvalue weighted by Gasteiger charge is -2.14. The molecule has 0 bridgehead atoms. The summed E-state index contributed by atoms with van der Waals surface area (Å²) in [7, 11) is 0. The van der Waals surface area contributed by atoms with Gasteiger partial charge in [0.15, 0.2) is 11.5 Å². The van der Waals surface area contributed by atoms with Crippen molar-refractivity contribution in [2.45, 2.75) is 32.3 Å². The van der Waals surface area contributed by atoms with E-state index in [1.54, 1.807) is 0 Å². The quantitative estimate of drug-likeness (QED) is 0.620. The van der Waals surface area contributed by atoms with Crippen LogP contribution in [0.5, 0.6) is 11.5 Å². The number of nitrogens with zero attached hydrogens (tertiary/aromatic N) is 2. The summed E-state index contributed by atoms with van der Waals surface area (Å²) in [6.07, 6.45) is 3.81. The Hall–Kier alpha value is -1.01. The van der Waals surface area contributed by atoms with Gasteiger partial charge in [0.25, 0.3) is 0 Å². The molecule has 0 atom stereocenters. The van der Waals surface area contributed by atoms with E-state index in [2.05, 4.69) is 43.9 Å². The molecule has 0 fully saturated rings. The fourth-order valence-corrected chi connectivity index (χ4v) is 2.84. The summed E-state index contributed by atoms with van der Waals surface area (Å²) in [5.74, 6) is 1.48. The Labute approximate surface area is 141 Å². The summed E-state index contributed by atoms with van der Waals surface area (Å²) in [6.45, 7) is 5.94. The van der Waals surface area contributed by atoms with Crippen molar-refractivity contribution in [3.8, 4) is 11.5 Å². The van der Waals surface area contributed by atoms with Crippen LogP contribution in [0, 0.1) is 0 Å². The molecule has 4 nitrogen and oxygen atoms in total. The van der Waals surface area contributed by atoms with Gasteiger partial charge in [0.05, 0.1) is 17.3 Å². The minimum Gasteiger partial charge on any atom is -0.490 e. The van der Waals surface area contributed by atoms with E-state index in [-0.39, 0.29) is 0 Å². The second kappa shape index (κ2) is 7.84. The Balaban J connectivity index is 2.17. The smallest absolute Gasteiger partial charge is 0.175 e. The number of halogens is 2. The molecule has 21 heavy (non-hydrogen) atoms. The van der Waals surface area contributed by atoms with Crippen LogP contribution >= 0.6 is 31.9 Å². The third kappa shape index (κ3) is 4.23. The first-order chi connectivity index (χ1) is 10.2. The van der Waals surface area contributed by atoms with Crippen LogP contribution < -0.4 is 9.47 Å². The van der Waals surface area contributed by atoms with Crippen LogP contribution in [0.1, 0.15) is 25.0 Å². The summed E-state index contributed by atoms with van der Waals surface area (Å²) in [4.78, 5) is 0. The Bertz CT molecular complexity index is 599. The van der Waals surface area contributed by atoms with Crippen LogP contribution in [0.2, 0.25) is 0 Å². The number of ether oxygens (including phenoxy) is 2. The minimum absolute atomic E-state index is 0.465. The van der Waals surface area contributed by atoms with Crippen LogP contribution in [0.25, 0.3) is 0 Å². The van der Waals surface area contributed by atoms with Crippen molar-refractivity contribution in [1.29, 1.82) is 0 Å². The number of alkyl halides is 1. The molecule has 0 radical (unpaired) electrons. The van der Waals surface area contributed by atoms with E-state index in [0.29, 0.717) is 13.2 Å². The molecule has 2 aromatic rings. The lowest BCUT2D eigenvalue weighted by atomic mass is 10.2. The third-order valence-corrected chi connectivity index (χ3v) is 4.15. The molecule has 0 N–H and O–H groups in total. The van der Waals surface area contributed by atoms with E-state index in [9.17, 15) is 0 Å². The highest BCUT2D eigenvalue weighted by molar-refractivity contribution is 9.10. The first-order valence-corrected chi connectivity index (χ1v) is 8.74. The molecule has 0 unspecified atom stereocenters. The van der Waals surface area contributed by atoms with Gasteiger partial charge in [-0.1, -0.05) is 15.9 Å². The molecule has 6 heteroatoms. The van der Waals surface area contributed by atoms with Gasteiger partial charge in [-0.25, -0.2) is 0 Å². The predicted octanol–water partition coefficient (Wildman–Crippen LogP) is 4.54. The topological polar surface area (TPSA) is 36.3 Å². The zero-order valence-corrected chi connectivity index (χ0v) is 15.3. The van der Waals surface area contributed by atoms with Gasteiger partial charge >= 0.3 is 0 Å². The number of hydrogen-bond acceptors (Lipinski definition) is 3. The normalized spacial score (nSPS) is 10.7. The molecule has 114 valence electrons. The molecule has 0 spiro atoms. The average molecular weight is 418 g/mol. The Morgan fingerprint density at radius 1 is 1.19 bits per heavy atom. The monoisotopic (exact) mass is 416 g/mol. The van der Waals surface area contributed by atoms with E-state index < -0.39 is 0 Å². The molecule has 0 saturated heterocycles. The summed E-state index contributed by atoms with van der Waals surface area (Å²) in [6, 6.07) is 4.02. The minimum atomic E-state index is 0.465. The van der Waals surface area contributed by atoms with Crippen molar-refractivity contribution >= 4 is 31.9 Å². The summed E-state index contributed by atoms with van der Waals surface area (Å²) in [5, 5.41) is 5.02. The summed E-state index contributed by atoms with van der Waals surface area (Å²) >= 11 is 7.01. The van der Waals surface area contributed by atoms with Crippen LogP contribution in [0.15, 0.2) is 29.0 Å². The highest BCUT2D eigenvalue weighted by Crippen LogP contribution is 2.37. The molecular formula is C15H18Br2N2O2. The fourth-order valence-electron chi connectivity index (χ4n) is 1.91. The molecule has 0 saturated carbocycles. The largest absolute Gasteiger partial charge is 0.490 e. The summed E-state index contributed by atoms with van der Waals surface area (Å²) in [5.41, 5.74) is 2.17. The fraction of sp³-hybridized carbons (Fsp3) is 0.400. The van der Waals surface area contributed by atoms with E-state index in [4.69, 9.17) is 9.47 Å². The van der Waals surface area contributed by atoms with E-state index in [1.165, 1.54) is 0 Å². The van der Waals surface area contributed by atoms with Crippen LogP contribution in [0.3, 0.4) is 0 Å². The number of benzene rings is 1. The Morgan fingerprint density at radius 3 is 2.62 bits per heavy atom. The molecule has 0 aliphatic carbocycles. The number of aromatic nitrogens is 2. The number of hydrogen-bond donors (Lipinski definition) is 0. The number of aryl methyl sites for hydroxylation is 1. The molecule has 0 aliphatic heterocycles. The maximum absolute atomic E-state index is 5.92. The van der Waals surface area contributed by atoms with Gasteiger partial charge in [-0.05, 0) is 47.5 Å². The van der Waals surface area contributed by atoms with Gasteiger partial charge in [-0.15, -0.1) is 0 Å². The van der Waals surface area contributed by atoms with E-state index >= 15 is 0 Å². The Kier molecular flexibility index (Phi) is 6.11. The van der Waals surface area contributed by atoms with Gasteiger partial charge in [0.2, 0.25) is 0 Å². The van der Waals surface area contributed by atoms with Gasteiger partial charge in [-0.2, -0.15) is 5.10 Å². The zero-order chi connectivity index (χ0) is 15.2. The second-order valence-electron chi connectivity index (χ2n) is 4.46. The predicted molar refractivity (Wildman–Crippen MR) is 90.2 cm³/mol. The van der Waals surface area contributed by atoms with Gasteiger partial charge < -0.3 is 9.47 Å². The second-order valence-corrected chi connectivity index (χ2v) is 5.88. The zero-order valence-electron chi connectivity index (χ0n) is 12.1. The highest BCUT2D eigenvalue weighted by Gasteiger charge is 2.12. The van der Waals surface area contributed by atoms with Crippen LogP contribution in [-0.2, 0) is 18.5 Å². The van der Waals surface area contributed by atoms with Crippen molar-refractivity contribution in [3.63, 3.8) is 0 Å². The molecule has 1 aromatic carbocycles. The SMILES string of the molecule is CCOc1cc(CBr)cc(Br)c1OCc1cnn(CC)c1. The van der Waals surface area contributed by atoms with Crippen molar-refractivity contribution in [2.24, 2.45) is 0 Å². The maximum atomic E-state index is 5.92. The molecule has 1 heterocycles. The van der Waals surface area contributed by atoms with Crippen molar-refractivity contribution in [2.75, 3.05) is 6.61 Å². The number of rotatable bonds is 7. The van der Waals surface area contributed by atoms with Crippen molar-refractivity contribution in [3.05, 3.63) is 40.1 Å². The van der Waals surface area contributed by atoms with Crippen LogP contribution in [0.4, 0.5) is 0 Å². The third-order valence-electron chi connectivity index (χ3n) is 2.92. The molecule has 2 rings (SSSR count).